The normalized spacial score (nSPS) is 10.4. The topological polar surface area (TPSA) is 54.2 Å². The molecule has 0 fully saturated rings. The van der Waals surface area contributed by atoms with Crippen molar-refractivity contribution in [1.82, 2.24) is 10.1 Å². The fourth-order valence-corrected chi connectivity index (χ4v) is 1.83. The summed E-state index contributed by atoms with van der Waals surface area (Å²) in [5.41, 5.74) is 3.03. The molecule has 2 heterocycles. The highest BCUT2D eigenvalue weighted by molar-refractivity contribution is 5.64. The molecule has 0 aliphatic carbocycles. The molecule has 0 aliphatic rings. The van der Waals surface area contributed by atoms with Gasteiger partial charge in [-0.3, -0.25) is 0 Å². The lowest BCUT2D eigenvalue weighted by Crippen LogP contribution is -2.14. The van der Waals surface area contributed by atoms with Crippen LogP contribution in [0.15, 0.2) is 22.9 Å². The summed E-state index contributed by atoms with van der Waals surface area (Å²) in [5, 5.41) is 7.32. The molecule has 0 aliphatic heterocycles. The van der Waals surface area contributed by atoms with Crippen molar-refractivity contribution in [1.29, 1.82) is 0 Å². The summed E-state index contributed by atoms with van der Waals surface area (Å²) in [4.78, 5) is 6.33. The molecule has 2 aromatic heterocycles. The fraction of sp³-hybridized carbons (Fsp3) is 0.385. The van der Waals surface area contributed by atoms with Crippen LogP contribution in [0.2, 0.25) is 0 Å². The standard InChI is InChI=1S/C13H18N4O/c1-9-11(10(2)18-16-9)8-15-12-6-5-7-14-13(12)17(3)4/h5-7,15H,8H2,1-4H3. The number of anilines is 2. The maximum absolute atomic E-state index is 5.15. The minimum atomic E-state index is 0.688. The molecule has 5 nitrogen and oxygen atoms in total. The summed E-state index contributed by atoms with van der Waals surface area (Å²) in [6.07, 6.45) is 1.79. The molecule has 0 spiro atoms. The number of aromatic nitrogens is 2. The molecule has 0 atom stereocenters. The smallest absolute Gasteiger partial charge is 0.151 e. The van der Waals surface area contributed by atoms with Gasteiger partial charge in [0.05, 0.1) is 11.4 Å². The van der Waals surface area contributed by atoms with Crippen molar-refractivity contribution < 1.29 is 4.52 Å². The molecular weight excluding hydrogens is 228 g/mol. The van der Waals surface area contributed by atoms with Crippen LogP contribution in [-0.4, -0.2) is 24.2 Å². The Morgan fingerprint density at radius 1 is 1.33 bits per heavy atom. The second-order valence-corrected chi connectivity index (χ2v) is 4.43. The Labute approximate surface area is 107 Å². The van der Waals surface area contributed by atoms with Crippen LogP contribution in [0.4, 0.5) is 11.5 Å². The van der Waals surface area contributed by atoms with Gasteiger partial charge in [-0.25, -0.2) is 4.98 Å². The van der Waals surface area contributed by atoms with Gasteiger partial charge in [0.2, 0.25) is 0 Å². The third kappa shape index (κ3) is 2.45. The molecule has 0 unspecified atom stereocenters. The Hall–Kier alpha value is -2.04. The SMILES string of the molecule is Cc1noc(C)c1CNc1cccnc1N(C)C. The summed E-state index contributed by atoms with van der Waals surface area (Å²) in [7, 11) is 3.95. The highest BCUT2D eigenvalue weighted by Gasteiger charge is 2.10. The lowest BCUT2D eigenvalue weighted by molar-refractivity contribution is 0.392. The Morgan fingerprint density at radius 3 is 2.72 bits per heavy atom. The summed E-state index contributed by atoms with van der Waals surface area (Å²) < 4.78 is 5.15. The number of rotatable bonds is 4. The monoisotopic (exact) mass is 246 g/mol. The molecule has 18 heavy (non-hydrogen) atoms. The van der Waals surface area contributed by atoms with Gasteiger partial charge in [-0.15, -0.1) is 0 Å². The number of hydrogen-bond acceptors (Lipinski definition) is 5. The average Bonchev–Trinajstić information content (AvgIpc) is 2.67. The molecule has 96 valence electrons. The fourth-order valence-electron chi connectivity index (χ4n) is 1.83. The summed E-state index contributed by atoms with van der Waals surface area (Å²) in [5.74, 6) is 1.78. The molecule has 0 bridgehead atoms. The van der Waals surface area contributed by atoms with E-state index in [1.807, 2.05) is 45.0 Å². The minimum Gasteiger partial charge on any atom is -0.378 e. The second-order valence-electron chi connectivity index (χ2n) is 4.43. The van der Waals surface area contributed by atoms with Crippen molar-refractivity contribution in [3.63, 3.8) is 0 Å². The lowest BCUT2D eigenvalue weighted by Gasteiger charge is -2.16. The van der Waals surface area contributed by atoms with Gasteiger partial charge in [0.1, 0.15) is 5.76 Å². The van der Waals surface area contributed by atoms with Gasteiger partial charge >= 0.3 is 0 Å². The number of pyridine rings is 1. The van der Waals surface area contributed by atoms with Gasteiger partial charge in [-0.05, 0) is 26.0 Å². The van der Waals surface area contributed by atoms with Crippen molar-refractivity contribution in [2.45, 2.75) is 20.4 Å². The van der Waals surface area contributed by atoms with Crippen molar-refractivity contribution >= 4 is 11.5 Å². The van der Waals surface area contributed by atoms with E-state index < -0.39 is 0 Å². The average molecular weight is 246 g/mol. The van der Waals surface area contributed by atoms with E-state index in [4.69, 9.17) is 4.52 Å². The summed E-state index contributed by atoms with van der Waals surface area (Å²) in [6, 6.07) is 3.93. The van der Waals surface area contributed by atoms with E-state index in [2.05, 4.69) is 15.5 Å². The Bertz CT molecular complexity index is 514. The van der Waals surface area contributed by atoms with Gasteiger partial charge in [0.15, 0.2) is 5.82 Å². The quantitative estimate of drug-likeness (QED) is 0.897. The van der Waals surface area contributed by atoms with Crippen LogP contribution >= 0.6 is 0 Å². The van der Waals surface area contributed by atoms with Crippen LogP contribution < -0.4 is 10.2 Å². The van der Waals surface area contributed by atoms with E-state index in [1.54, 1.807) is 6.20 Å². The van der Waals surface area contributed by atoms with Crippen molar-refractivity contribution in [3.8, 4) is 0 Å². The zero-order valence-corrected chi connectivity index (χ0v) is 11.2. The van der Waals surface area contributed by atoms with E-state index in [0.717, 1.165) is 28.5 Å². The Kier molecular flexibility index (Phi) is 3.50. The van der Waals surface area contributed by atoms with Gasteiger partial charge < -0.3 is 14.7 Å². The zero-order valence-electron chi connectivity index (χ0n) is 11.2. The lowest BCUT2D eigenvalue weighted by atomic mass is 10.2. The maximum atomic E-state index is 5.15. The van der Waals surface area contributed by atoms with E-state index in [0.29, 0.717) is 6.54 Å². The number of nitrogens with zero attached hydrogens (tertiary/aromatic N) is 3. The van der Waals surface area contributed by atoms with E-state index >= 15 is 0 Å². The van der Waals surface area contributed by atoms with Crippen LogP contribution in [-0.2, 0) is 6.54 Å². The second kappa shape index (κ2) is 5.08. The number of hydrogen-bond donors (Lipinski definition) is 1. The molecule has 0 aromatic carbocycles. The predicted octanol–water partition coefficient (Wildman–Crippen LogP) is 2.36. The molecular formula is C13H18N4O. The molecule has 0 saturated carbocycles. The van der Waals surface area contributed by atoms with Crippen LogP contribution in [0.5, 0.6) is 0 Å². The van der Waals surface area contributed by atoms with Crippen molar-refractivity contribution in [2.75, 3.05) is 24.3 Å². The third-order valence-corrected chi connectivity index (χ3v) is 2.85. The third-order valence-electron chi connectivity index (χ3n) is 2.85. The van der Waals surface area contributed by atoms with E-state index in [9.17, 15) is 0 Å². The summed E-state index contributed by atoms with van der Waals surface area (Å²) >= 11 is 0. The van der Waals surface area contributed by atoms with Crippen molar-refractivity contribution in [3.05, 3.63) is 35.3 Å². The van der Waals surface area contributed by atoms with Crippen LogP contribution in [0, 0.1) is 13.8 Å². The van der Waals surface area contributed by atoms with Crippen LogP contribution in [0.3, 0.4) is 0 Å². The Balaban J connectivity index is 2.16. The summed E-state index contributed by atoms with van der Waals surface area (Å²) in [6.45, 7) is 4.56. The number of nitrogens with one attached hydrogen (secondary N) is 1. The first-order valence-electron chi connectivity index (χ1n) is 5.87. The Morgan fingerprint density at radius 2 is 2.11 bits per heavy atom. The maximum Gasteiger partial charge on any atom is 0.151 e. The van der Waals surface area contributed by atoms with Crippen LogP contribution in [0.1, 0.15) is 17.0 Å². The molecule has 0 amide bonds. The van der Waals surface area contributed by atoms with E-state index in [1.165, 1.54) is 0 Å². The molecule has 5 heteroatoms. The highest BCUT2D eigenvalue weighted by atomic mass is 16.5. The van der Waals surface area contributed by atoms with Gasteiger partial charge in [-0.1, -0.05) is 5.16 Å². The van der Waals surface area contributed by atoms with Gasteiger partial charge in [-0.2, -0.15) is 0 Å². The molecule has 0 radical (unpaired) electrons. The number of aryl methyl sites for hydroxylation is 2. The van der Waals surface area contributed by atoms with Gasteiger partial charge in [0.25, 0.3) is 0 Å². The van der Waals surface area contributed by atoms with Crippen LogP contribution in [0.25, 0.3) is 0 Å². The largest absolute Gasteiger partial charge is 0.378 e. The first-order valence-corrected chi connectivity index (χ1v) is 5.87. The first kappa shape index (κ1) is 12.4. The van der Waals surface area contributed by atoms with Gasteiger partial charge in [0, 0.05) is 32.4 Å². The first-order chi connectivity index (χ1) is 8.59. The molecule has 2 aromatic rings. The molecule has 0 saturated heterocycles. The minimum absolute atomic E-state index is 0.688. The molecule has 1 N–H and O–H groups in total. The van der Waals surface area contributed by atoms with E-state index in [-0.39, 0.29) is 0 Å². The zero-order chi connectivity index (χ0) is 13.1. The highest BCUT2D eigenvalue weighted by Crippen LogP contribution is 2.22. The predicted molar refractivity (Wildman–Crippen MR) is 71.9 cm³/mol. The van der Waals surface area contributed by atoms with Crippen molar-refractivity contribution in [2.24, 2.45) is 0 Å². The molecule has 2 rings (SSSR count).